The highest BCUT2D eigenvalue weighted by Gasteiger charge is 2.63. The Balaban J connectivity index is 2.00. The van der Waals surface area contributed by atoms with Crippen LogP contribution in [0.2, 0.25) is 0 Å². The Bertz CT molecular complexity index is 486. The van der Waals surface area contributed by atoms with Crippen molar-refractivity contribution in [3.63, 3.8) is 0 Å². The molecular formula is C13H15NO3. The summed E-state index contributed by atoms with van der Waals surface area (Å²) in [6.45, 7) is 0.658. The van der Waals surface area contributed by atoms with E-state index in [0.29, 0.717) is 6.54 Å². The van der Waals surface area contributed by atoms with E-state index < -0.39 is 5.54 Å². The van der Waals surface area contributed by atoms with Crippen LogP contribution < -0.4 is 10.1 Å². The number of benzene rings is 1. The first-order valence-corrected chi connectivity index (χ1v) is 5.72. The van der Waals surface area contributed by atoms with Gasteiger partial charge in [0.25, 0.3) is 0 Å². The fourth-order valence-corrected chi connectivity index (χ4v) is 2.85. The quantitative estimate of drug-likeness (QED) is 0.780. The van der Waals surface area contributed by atoms with E-state index in [1.54, 1.807) is 7.11 Å². The molecule has 0 spiro atoms. The van der Waals surface area contributed by atoms with Crippen molar-refractivity contribution >= 4 is 5.97 Å². The van der Waals surface area contributed by atoms with Crippen molar-refractivity contribution in [1.82, 2.24) is 5.32 Å². The van der Waals surface area contributed by atoms with E-state index in [2.05, 4.69) is 11.4 Å². The van der Waals surface area contributed by atoms with Gasteiger partial charge in [-0.3, -0.25) is 10.1 Å². The number of esters is 1. The molecule has 3 rings (SSSR count). The van der Waals surface area contributed by atoms with Crippen molar-refractivity contribution in [3.05, 3.63) is 29.3 Å². The second-order valence-corrected chi connectivity index (χ2v) is 4.60. The lowest BCUT2D eigenvalue weighted by molar-refractivity contribution is -0.144. The average Bonchev–Trinajstić information content (AvgIpc) is 3.13. The molecule has 0 aromatic heterocycles. The summed E-state index contributed by atoms with van der Waals surface area (Å²) in [5.41, 5.74) is 1.90. The SMILES string of the molecule is COC(=O)[C@@]12C[C@H]1c1cccc(OC)c1CN2. The van der Waals surface area contributed by atoms with Gasteiger partial charge in [0.15, 0.2) is 0 Å². The molecule has 4 nitrogen and oxygen atoms in total. The lowest BCUT2D eigenvalue weighted by Crippen LogP contribution is -2.43. The Morgan fingerprint density at radius 1 is 1.47 bits per heavy atom. The van der Waals surface area contributed by atoms with Crippen molar-refractivity contribution in [2.24, 2.45) is 0 Å². The fraction of sp³-hybridized carbons (Fsp3) is 0.462. The van der Waals surface area contributed by atoms with Crippen LogP contribution in [-0.2, 0) is 16.1 Å². The van der Waals surface area contributed by atoms with Gasteiger partial charge in [-0.2, -0.15) is 0 Å². The maximum Gasteiger partial charge on any atom is 0.326 e. The molecule has 1 aromatic rings. The van der Waals surface area contributed by atoms with E-state index in [0.717, 1.165) is 17.7 Å². The van der Waals surface area contributed by atoms with E-state index >= 15 is 0 Å². The Hall–Kier alpha value is -1.55. The van der Waals surface area contributed by atoms with Crippen LogP contribution in [0.25, 0.3) is 0 Å². The smallest absolute Gasteiger partial charge is 0.326 e. The lowest BCUT2D eigenvalue weighted by Gasteiger charge is -2.25. The van der Waals surface area contributed by atoms with Crippen LogP contribution in [0.1, 0.15) is 23.5 Å². The highest BCUT2D eigenvalue weighted by atomic mass is 16.5. The lowest BCUT2D eigenvalue weighted by atomic mass is 9.95. The van der Waals surface area contributed by atoms with E-state index in [-0.39, 0.29) is 11.9 Å². The minimum Gasteiger partial charge on any atom is -0.496 e. The molecule has 2 atom stereocenters. The van der Waals surface area contributed by atoms with Crippen LogP contribution in [0.5, 0.6) is 5.75 Å². The number of nitrogens with one attached hydrogen (secondary N) is 1. The zero-order chi connectivity index (χ0) is 12.0. The van der Waals surface area contributed by atoms with Crippen LogP contribution >= 0.6 is 0 Å². The first-order valence-electron chi connectivity index (χ1n) is 5.72. The minimum absolute atomic E-state index is 0.157. The second kappa shape index (κ2) is 3.47. The number of carbonyl (C=O) groups excluding carboxylic acids is 1. The number of ether oxygens (including phenoxy) is 2. The molecule has 4 heteroatoms. The van der Waals surface area contributed by atoms with Crippen molar-refractivity contribution < 1.29 is 14.3 Å². The molecule has 1 N–H and O–H groups in total. The third-order valence-corrected chi connectivity index (χ3v) is 3.86. The summed E-state index contributed by atoms with van der Waals surface area (Å²) in [5, 5.41) is 3.30. The van der Waals surface area contributed by atoms with Gasteiger partial charge in [-0.1, -0.05) is 12.1 Å². The van der Waals surface area contributed by atoms with Gasteiger partial charge in [-0.15, -0.1) is 0 Å². The van der Waals surface area contributed by atoms with Gasteiger partial charge in [0.1, 0.15) is 11.3 Å². The molecule has 0 unspecified atom stereocenters. The van der Waals surface area contributed by atoms with Gasteiger partial charge in [0, 0.05) is 18.0 Å². The summed E-state index contributed by atoms with van der Waals surface area (Å²) >= 11 is 0. The Morgan fingerprint density at radius 2 is 2.29 bits per heavy atom. The summed E-state index contributed by atoms with van der Waals surface area (Å²) in [6, 6.07) is 6.01. The van der Waals surface area contributed by atoms with Gasteiger partial charge in [0.2, 0.25) is 0 Å². The van der Waals surface area contributed by atoms with Gasteiger partial charge >= 0.3 is 5.97 Å². The molecule has 2 aliphatic rings. The van der Waals surface area contributed by atoms with Crippen LogP contribution in [0.4, 0.5) is 0 Å². The third-order valence-electron chi connectivity index (χ3n) is 3.86. The second-order valence-electron chi connectivity index (χ2n) is 4.60. The number of rotatable bonds is 2. The summed E-state index contributed by atoms with van der Waals surface area (Å²) in [7, 11) is 3.11. The van der Waals surface area contributed by atoms with Crippen molar-refractivity contribution in [2.45, 2.75) is 24.4 Å². The fourth-order valence-electron chi connectivity index (χ4n) is 2.85. The van der Waals surface area contributed by atoms with Gasteiger partial charge in [0.05, 0.1) is 14.2 Å². The Labute approximate surface area is 99.9 Å². The molecule has 0 radical (unpaired) electrons. The summed E-state index contributed by atoms with van der Waals surface area (Å²) in [4.78, 5) is 11.8. The van der Waals surface area contributed by atoms with Crippen LogP contribution in [0, 0.1) is 0 Å². The first-order chi connectivity index (χ1) is 8.23. The molecule has 1 aromatic carbocycles. The first kappa shape index (κ1) is 10.6. The molecular weight excluding hydrogens is 218 g/mol. The molecule has 1 fully saturated rings. The molecule has 1 heterocycles. The van der Waals surface area contributed by atoms with Crippen LogP contribution in [0.15, 0.2) is 18.2 Å². The van der Waals surface area contributed by atoms with E-state index in [1.165, 1.54) is 12.7 Å². The predicted octanol–water partition coefficient (Wildman–Crippen LogP) is 1.20. The summed E-state index contributed by atoms with van der Waals surface area (Å²) < 4.78 is 10.2. The van der Waals surface area contributed by atoms with E-state index in [9.17, 15) is 4.79 Å². The molecule has 1 aliphatic carbocycles. The van der Waals surface area contributed by atoms with Crippen LogP contribution in [0.3, 0.4) is 0 Å². The highest BCUT2D eigenvalue weighted by Crippen LogP contribution is 2.56. The Kier molecular flexibility index (Phi) is 2.16. The number of hydrogen-bond acceptors (Lipinski definition) is 4. The monoisotopic (exact) mass is 233 g/mol. The highest BCUT2D eigenvalue weighted by molar-refractivity contribution is 5.87. The van der Waals surface area contributed by atoms with Crippen molar-refractivity contribution in [2.75, 3.05) is 14.2 Å². The maximum absolute atomic E-state index is 11.8. The molecule has 1 saturated carbocycles. The van der Waals surface area contributed by atoms with E-state index in [1.807, 2.05) is 12.1 Å². The predicted molar refractivity (Wildman–Crippen MR) is 61.9 cm³/mol. The number of hydrogen-bond donors (Lipinski definition) is 1. The zero-order valence-electron chi connectivity index (χ0n) is 9.95. The molecule has 0 bridgehead atoms. The van der Waals surface area contributed by atoms with Gasteiger partial charge < -0.3 is 9.47 Å². The summed E-state index contributed by atoms with van der Waals surface area (Å²) in [5.74, 6) is 0.963. The third kappa shape index (κ3) is 1.30. The molecule has 17 heavy (non-hydrogen) atoms. The minimum atomic E-state index is -0.478. The molecule has 0 saturated heterocycles. The standard InChI is InChI=1S/C13H15NO3/c1-16-11-5-3-4-8-9(11)7-14-13(6-10(8)13)12(15)17-2/h3-5,10,14H,6-7H2,1-2H3/t10-,13+/m0/s1. The molecule has 90 valence electrons. The van der Waals surface area contributed by atoms with Gasteiger partial charge in [-0.05, 0) is 18.1 Å². The van der Waals surface area contributed by atoms with Gasteiger partial charge in [-0.25, -0.2) is 0 Å². The number of carbonyl (C=O) groups is 1. The Morgan fingerprint density at radius 3 is 3.00 bits per heavy atom. The van der Waals surface area contributed by atoms with Crippen molar-refractivity contribution in [1.29, 1.82) is 0 Å². The van der Waals surface area contributed by atoms with E-state index in [4.69, 9.17) is 9.47 Å². The van der Waals surface area contributed by atoms with Crippen molar-refractivity contribution in [3.8, 4) is 5.75 Å². The normalized spacial score (nSPS) is 28.9. The zero-order valence-corrected chi connectivity index (χ0v) is 9.95. The number of methoxy groups -OCH3 is 2. The molecule has 0 amide bonds. The average molecular weight is 233 g/mol. The largest absolute Gasteiger partial charge is 0.496 e. The molecule has 1 aliphatic heterocycles. The number of fused-ring (bicyclic) bond motifs is 3. The van der Waals surface area contributed by atoms with Crippen LogP contribution in [-0.4, -0.2) is 25.7 Å². The summed E-state index contributed by atoms with van der Waals surface area (Å²) in [6.07, 6.45) is 0.819. The maximum atomic E-state index is 11.8. The topological polar surface area (TPSA) is 47.6 Å².